The molecular formula is C20H29BrO15. The van der Waals surface area contributed by atoms with Gasteiger partial charge in [0.25, 0.3) is 4.70 Å². The van der Waals surface area contributed by atoms with Crippen molar-refractivity contribution in [1.82, 2.24) is 0 Å². The van der Waals surface area contributed by atoms with Crippen molar-refractivity contribution in [2.24, 2.45) is 0 Å². The van der Waals surface area contributed by atoms with Crippen molar-refractivity contribution in [2.75, 3.05) is 13.2 Å². The van der Waals surface area contributed by atoms with Gasteiger partial charge in [0.2, 0.25) is 6.10 Å². The number of aliphatic hydroxyl groups is 4. The van der Waals surface area contributed by atoms with Crippen LogP contribution < -0.4 is 0 Å². The Morgan fingerprint density at radius 1 is 0.806 bits per heavy atom. The molecule has 0 aromatic rings. The average molecular weight is 589 g/mol. The molecule has 0 spiro atoms. The molecule has 0 aromatic heterocycles. The minimum atomic E-state index is -2.34. The number of halogens is 1. The summed E-state index contributed by atoms with van der Waals surface area (Å²) in [4.78, 5) is 47.1. The molecule has 15 nitrogen and oxygen atoms in total. The van der Waals surface area contributed by atoms with Crippen LogP contribution in [-0.4, -0.2) is 117 Å². The summed E-state index contributed by atoms with van der Waals surface area (Å²) in [5.74, 6) is -3.37. The zero-order valence-electron chi connectivity index (χ0n) is 19.8. The molecule has 2 aliphatic rings. The van der Waals surface area contributed by atoms with Crippen molar-refractivity contribution >= 4 is 39.8 Å². The smallest absolute Gasteiger partial charge is 0.303 e. The van der Waals surface area contributed by atoms with Crippen molar-refractivity contribution in [1.29, 1.82) is 0 Å². The van der Waals surface area contributed by atoms with Gasteiger partial charge in [-0.15, -0.1) is 0 Å². The number of rotatable bonds is 8. The van der Waals surface area contributed by atoms with Gasteiger partial charge in [0.05, 0.1) is 6.61 Å². The number of ether oxygens (including phenoxy) is 7. The minimum Gasteiger partial charge on any atom is -0.463 e. The lowest BCUT2D eigenvalue weighted by Crippen LogP contribution is -2.69. The van der Waals surface area contributed by atoms with Crippen LogP contribution in [0, 0.1) is 0 Å². The topological polar surface area (TPSA) is 214 Å². The maximum absolute atomic E-state index is 11.9. The molecule has 2 rings (SSSR count). The molecule has 2 aliphatic heterocycles. The molecule has 0 aliphatic carbocycles. The summed E-state index contributed by atoms with van der Waals surface area (Å²) >= 11 is 3.11. The molecule has 2 fully saturated rings. The Hall–Kier alpha value is -1.92. The van der Waals surface area contributed by atoms with Gasteiger partial charge < -0.3 is 53.6 Å². The van der Waals surface area contributed by atoms with E-state index in [0.717, 1.165) is 27.7 Å². The SMILES string of the molecule is CC(=O)OC[C@H]1O[C@@](Br)(O[C@@H]2O[C@H](CO)[C@@H](O)[C@H](O)[C@H]2O)[C@H](OC(C)=O)[C@@H](OC(C)=O)[C@@H]1OC(C)=O. The van der Waals surface area contributed by atoms with E-state index >= 15 is 0 Å². The van der Waals surface area contributed by atoms with E-state index in [4.69, 9.17) is 33.2 Å². The monoisotopic (exact) mass is 588 g/mol. The lowest BCUT2D eigenvalue weighted by atomic mass is 9.97. The third-order valence-electron chi connectivity index (χ3n) is 5.11. The fourth-order valence-corrected chi connectivity index (χ4v) is 4.42. The van der Waals surface area contributed by atoms with Crippen LogP contribution in [0.25, 0.3) is 0 Å². The van der Waals surface area contributed by atoms with Gasteiger partial charge in [-0.1, -0.05) is 0 Å². The van der Waals surface area contributed by atoms with E-state index in [1.165, 1.54) is 0 Å². The predicted molar refractivity (Wildman–Crippen MR) is 115 cm³/mol. The number of alkyl halides is 1. The number of carbonyl (C=O) groups excluding carboxylic acids is 4. The molecule has 2 saturated heterocycles. The normalized spacial score (nSPS) is 38.5. The maximum atomic E-state index is 11.9. The van der Waals surface area contributed by atoms with Crippen molar-refractivity contribution in [3.63, 3.8) is 0 Å². The molecule has 0 unspecified atom stereocenters. The molecule has 4 N–H and O–H groups in total. The van der Waals surface area contributed by atoms with Crippen LogP contribution in [0.4, 0.5) is 0 Å². The van der Waals surface area contributed by atoms with E-state index < -0.39 is 96.9 Å². The second-order valence-electron chi connectivity index (χ2n) is 8.03. The summed E-state index contributed by atoms with van der Waals surface area (Å²) in [7, 11) is 0. The summed E-state index contributed by atoms with van der Waals surface area (Å²) in [6.45, 7) is 2.87. The lowest BCUT2D eigenvalue weighted by molar-refractivity contribution is -0.387. The van der Waals surface area contributed by atoms with Gasteiger partial charge in [-0.25, -0.2) is 0 Å². The Labute approximate surface area is 213 Å². The number of aliphatic hydroxyl groups excluding tert-OH is 4. The van der Waals surface area contributed by atoms with E-state index in [1.54, 1.807) is 0 Å². The van der Waals surface area contributed by atoms with Gasteiger partial charge in [0, 0.05) is 27.7 Å². The fraction of sp³-hybridized carbons (Fsp3) is 0.800. The van der Waals surface area contributed by atoms with Crippen LogP contribution in [0.1, 0.15) is 27.7 Å². The first kappa shape index (κ1) is 30.3. The summed E-state index contributed by atoms with van der Waals surface area (Å²) < 4.78 is 35.3. The first-order valence-electron chi connectivity index (χ1n) is 10.7. The van der Waals surface area contributed by atoms with Gasteiger partial charge in [-0.2, -0.15) is 0 Å². The number of esters is 4. The van der Waals surface area contributed by atoms with Crippen molar-refractivity contribution in [3.05, 3.63) is 0 Å². The molecule has 2 heterocycles. The summed E-state index contributed by atoms with van der Waals surface area (Å²) in [5, 5.41) is 40.0. The van der Waals surface area contributed by atoms with Crippen LogP contribution >= 0.6 is 15.9 Å². The fourth-order valence-electron chi connectivity index (χ4n) is 3.64. The average Bonchev–Trinajstić information content (AvgIpc) is 2.76. The van der Waals surface area contributed by atoms with Crippen molar-refractivity contribution in [3.8, 4) is 0 Å². The highest BCUT2D eigenvalue weighted by molar-refractivity contribution is 9.10. The van der Waals surface area contributed by atoms with Crippen LogP contribution in [0.2, 0.25) is 0 Å². The number of carbonyl (C=O) groups is 4. The highest BCUT2D eigenvalue weighted by Crippen LogP contribution is 2.43. The van der Waals surface area contributed by atoms with E-state index in [-0.39, 0.29) is 0 Å². The quantitative estimate of drug-likeness (QED) is 0.132. The third kappa shape index (κ3) is 7.32. The minimum absolute atomic E-state index is 0.552. The van der Waals surface area contributed by atoms with Gasteiger partial charge >= 0.3 is 23.9 Å². The summed E-state index contributed by atoms with van der Waals surface area (Å²) in [5.41, 5.74) is 0. The molecule has 0 bridgehead atoms. The molecule has 16 heteroatoms. The highest BCUT2D eigenvalue weighted by atomic mass is 79.9. The summed E-state index contributed by atoms with van der Waals surface area (Å²) in [6, 6.07) is 0. The molecule has 0 radical (unpaired) electrons. The molecule has 0 amide bonds. The zero-order valence-corrected chi connectivity index (χ0v) is 21.4. The van der Waals surface area contributed by atoms with E-state index in [9.17, 15) is 39.6 Å². The molecule has 0 saturated carbocycles. The Morgan fingerprint density at radius 2 is 1.36 bits per heavy atom. The second kappa shape index (κ2) is 12.6. The standard InChI is InChI=1S/C20H29BrO15/c1-7(23)30-6-12-16(31-8(2)24)17(32-9(3)25)18(33-10(4)26)20(21,35-12)36-19-15(29)14(28)13(27)11(5-22)34-19/h11-19,22,27-29H,5-6H2,1-4H3/t11-,12-,13-,14+,15-,16-,17+,18-,19+,20-/m1/s1. The van der Waals surface area contributed by atoms with Crippen molar-refractivity contribution < 1.29 is 72.8 Å². The highest BCUT2D eigenvalue weighted by Gasteiger charge is 2.62. The van der Waals surface area contributed by atoms with Crippen LogP contribution in [0.15, 0.2) is 0 Å². The molecule has 0 aromatic carbocycles. The predicted octanol–water partition coefficient (Wildman–Crippen LogP) is -2.39. The van der Waals surface area contributed by atoms with Crippen LogP contribution in [-0.2, 0) is 52.3 Å². The first-order valence-corrected chi connectivity index (χ1v) is 11.5. The Morgan fingerprint density at radius 3 is 1.86 bits per heavy atom. The Bertz CT molecular complexity index is 821. The number of hydrogen-bond acceptors (Lipinski definition) is 15. The van der Waals surface area contributed by atoms with Gasteiger partial charge in [-0.3, -0.25) is 19.2 Å². The molecule has 206 valence electrons. The number of hydrogen-bond donors (Lipinski definition) is 4. The zero-order chi connectivity index (χ0) is 27.4. The van der Waals surface area contributed by atoms with Gasteiger partial charge in [-0.05, 0) is 15.9 Å². The molecular weight excluding hydrogens is 560 g/mol. The van der Waals surface area contributed by atoms with E-state index in [0.29, 0.717) is 0 Å². The van der Waals surface area contributed by atoms with Crippen molar-refractivity contribution in [2.45, 2.75) is 87.5 Å². The van der Waals surface area contributed by atoms with E-state index in [2.05, 4.69) is 15.9 Å². The third-order valence-corrected chi connectivity index (χ3v) is 5.94. The molecule has 36 heavy (non-hydrogen) atoms. The van der Waals surface area contributed by atoms with Gasteiger partial charge in [0.15, 0.2) is 18.5 Å². The van der Waals surface area contributed by atoms with E-state index in [1.807, 2.05) is 0 Å². The van der Waals surface area contributed by atoms with Crippen LogP contribution in [0.5, 0.6) is 0 Å². The lowest BCUT2D eigenvalue weighted by Gasteiger charge is -2.50. The summed E-state index contributed by atoms with van der Waals surface area (Å²) in [6.07, 6.45) is -14.8. The Kier molecular flexibility index (Phi) is 10.6. The Balaban J connectivity index is 2.53. The largest absolute Gasteiger partial charge is 0.463 e. The van der Waals surface area contributed by atoms with Gasteiger partial charge in [0.1, 0.15) is 37.1 Å². The second-order valence-corrected chi connectivity index (χ2v) is 9.14. The maximum Gasteiger partial charge on any atom is 0.303 e. The molecule has 10 atom stereocenters. The van der Waals surface area contributed by atoms with Crippen LogP contribution in [0.3, 0.4) is 0 Å². The first-order chi connectivity index (χ1) is 16.7.